The summed E-state index contributed by atoms with van der Waals surface area (Å²) in [7, 11) is 0. The van der Waals surface area contributed by atoms with Crippen molar-refractivity contribution in [3.63, 3.8) is 0 Å². The number of aromatic amines is 2. The molecule has 0 saturated carbocycles. The van der Waals surface area contributed by atoms with Gasteiger partial charge in [0.1, 0.15) is 11.2 Å². The van der Waals surface area contributed by atoms with Crippen molar-refractivity contribution in [2.45, 2.75) is 13.8 Å². The Hall–Kier alpha value is -4.72. The van der Waals surface area contributed by atoms with E-state index in [0.717, 1.165) is 61.3 Å². The lowest BCUT2D eigenvalue weighted by Crippen LogP contribution is -2.04. The van der Waals surface area contributed by atoms with Crippen molar-refractivity contribution in [2.75, 3.05) is 5.32 Å². The molecule has 0 fully saturated rings. The minimum Gasteiger partial charge on any atom is -0.472 e. The Kier molecular flexibility index (Phi) is 4.92. The van der Waals surface area contributed by atoms with E-state index in [1.165, 1.54) is 0 Å². The highest BCUT2D eigenvalue weighted by atomic mass is 16.3. The molecule has 8 nitrogen and oxygen atoms in total. The first-order valence-electron chi connectivity index (χ1n) is 11.3. The highest BCUT2D eigenvalue weighted by molar-refractivity contribution is 5.98. The second-order valence-electron chi connectivity index (χ2n) is 8.78. The molecule has 0 spiro atoms. The Morgan fingerprint density at radius 1 is 0.971 bits per heavy atom. The van der Waals surface area contributed by atoms with Crippen LogP contribution in [0.3, 0.4) is 0 Å². The average Bonchev–Trinajstić information content (AvgIpc) is 3.62. The number of H-pyrrole nitrogens is 2. The second-order valence-corrected chi connectivity index (χ2v) is 8.78. The van der Waals surface area contributed by atoms with Gasteiger partial charge in [0, 0.05) is 40.2 Å². The van der Waals surface area contributed by atoms with Crippen molar-refractivity contribution in [2.24, 2.45) is 5.92 Å². The molecule has 0 unspecified atom stereocenters. The summed E-state index contributed by atoms with van der Waals surface area (Å²) in [4.78, 5) is 17.0. The smallest absolute Gasteiger partial charge is 0.159 e. The van der Waals surface area contributed by atoms with Crippen molar-refractivity contribution in [3.8, 4) is 33.8 Å². The molecule has 0 aliphatic heterocycles. The van der Waals surface area contributed by atoms with Gasteiger partial charge in [0.05, 0.1) is 41.6 Å². The molecule has 0 aliphatic rings. The quantitative estimate of drug-likeness (QED) is 0.265. The largest absolute Gasteiger partial charge is 0.472 e. The summed E-state index contributed by atoms with van der Waals surface area (Å²) in [6.45, 7) is 8.31. The van der Waals surface area contributed by atoms with Gasteiger partial charge in [-0.25, -0.2) is 4.98 Å². The number of pyridine rings is 2. The predicted octanol–water partition coefficient (Wildman–Crippen LogP) is 6.40. The van der Waals surface area contributed by atoms with Gasteiger partial charge in [-0.15, -0.1) is 0 Å². The topological polar surface area (TPSA) is 108 Å². The minimum absolute atomic E-state index is 0.330. The number of benzene rings is 1. The van der Waals surface area contributed by atoms with Gasteiger partial charge >= 0.3 is 0 Å². The van der Waals surface area contributed by atoms with E-state index in [4.69, 9.17) is 9.40 Å². The average molecular weight is 462 g/mol. The molecule has 0 radical (unpaired) electrons. The number of aromatic nitrogens is 6. The van der Waals surface area contributed by atoms with Crippen LogP contribution >= 0.6 is 0 Å². The van der Waals surface area contributed by atoms with E-state index < -0.39 is 0 Å². The Labute approximate surface area is 201 Å². The van der Waals surface area contributed by atoms with Crippen LogP contribution in [0.4, 0.5) is 5.69 Å². The summed E-state index contributed by atoms with van der Waals surface area (Å²) in [6.07, 6.45) is 10.6. The van der Waals surface area contributed by atoms with Crippen LogP contribution < -0.4 is 5.32 Å². The van der Waals surface area contributed by atoms with Crippen molar-refractivity contribution in [1.29, 1.82) is 0 Å². The maximum Gasteiger partial charge on any atom is 0.159 e. The van der Waals surface area contributed by atoms with Gasteiger partial charge in [0.2, 0.25) is 0 Å². The van der Waals surface area contributed by atoms with E-state index in [-0.39, 0.29) is 0 Å². The van der Waals surface area contributed by atoms with Crippen LogP contribution in [0.1, 0.15) is 13.8 Å². The van der Waals surface area contributed by atoms with Gasteiger partial charge in [0.25, 0.3) is 0 Å². The second kappa shape index (κ2) is 8.25. The van der Waals surface area contributed by atoms with Gasteiger partial charge in [-0.05, 0) is 35.7 Å². The van der Waals surface area contributed by atoms with Crippen molar-refractivity contribution >= 4 is 27.6 Å². The third kappa shape index (κ3) is 3.74. The van der Waals surface area contributed by atoms with Gasteiger partial charge in [-0.1, -0.05) is 26.5 Å². The Morgan fingerprint density at radius 3 is 2.69 bits per heavy atom. The molecular weight excluding hydrogens is 438 g/mol. The zero-order valence-corrected chi connectivity index (χ0v) is 19.3. The summed E-state index contributed by atoms with van der Waals surface area (Å²) in [5.41, 5.74) is 9.03. The fourth-order valence-electron chi connectivity index (χ4n) is 4.04. The normalized spacial score (nSPS) is 11.5. The number of hydrogen-bond acceptors (Lipinski definition) is 6. The van der Waals surface area contributed by atoms with E-state index in [1.807, 2.05) is 18.3 Å². The molecule has 0 bridgehead atoms. The Balaban J connectivity index is 1.41. The highest BCUT2D eigenvalue weighted by Gasteiger charge is 2.16. The van der Waals surface area contributed by atoms with E-state index in [0.29, 0.717) is 11.7 Å². The zero-order valence-electron chi connectivity index (χ0n) is 19.3. The molecule has 6 aromatic rings. The molecule has 0 saturated heterocycles. The Morgan fingerprint density at radius 2 is 1.86 bits per heavy atom. The first kappa shape index (κ1) is 20.9. The van der Waals surface area contributed by atoms with Crippen LogP contribution in [-0.2, 0) is 0 Å². The van der Waals surface area contributed by atoms with Crippen molar-refractivity contribution < 1.29 is 4.42 Å². The first-order chi connectivity index (χ1) is 17.1. The lowest BCUT2D eigenvalue weighted by atomic mass is 10.0. The predicted molar refractivity (Wildman–Crippen MR) is 138 cm³/mol. The molecule has 6 rings (SSSR count). The molecule has 172 valence electrons. The summed E-state index contributed by atoms with van der Waals surface area (Å²) in [5.74, 6) is 0.999. The minimum atomic E-state index is 0.330. The molecule has 8 heteroatoms. The number of nitrogens with one attached hydrogen (secondary N) is 3. The lowest BCUT2D eigenvalue weighted by Gasteiger charge is -2.13. The van der Waals surface area contributed by atoms with E-state index in [2.05, 4.69) is 69.1 Å². The highest BCUT2D eigenvalue weighted by Crippen LogP contribution is 2.33. The summed E-state index contributed by atoms with van der Waals surface area (Å²) < 4.78 is 5.25. The van der Waals surface area contributed by atoms with Gasteiger partial charge in [0.15, 0.2) is 5.82 Å². The number of fused-ring (bicyclic) bond motifs is 2. The SMILES string of the molecule is C=C(Nc1cncc(-c2ccc3[nH]nc(-c4nc5c(-c6ccoc6)cncc5[nH]4)c3c2)c1)C(C)C. The summed E-state index contributed by atoms with van der Waals surface area (Å²) in [6, 6.07) is 10.2. The molecule has 3 N–H and O–H groups in total. The maximum absolute atomic E-state index is 5.25. The van der Waals surface area contributed by atoms with Crippen LogP contribution in [0, 0.1) is 5.92 Å². The first-order valence-corrected chi connectivity index (χ1v) is 11.3. The molecule has 1 aromatic carbocycles. The number of anilines is 1. The van der Waals surface area contributed by atoms with Crippen molar-refractivity contribution in [1.82, 2.24) is 30.1 Å². The molecule has 0 amide bonds. The molecular formula is C27H23N7O. The van der Waals surface area contributed by atoms with Crippen LogP contribution in [0.15, 0.2) is 84.3 Å². The third-order valence-corrected chi connectivity index (χ3v) is 6.09. The number of allylic oxidation sites excluding steroid dienone is 1. The number of imidazole rings is 1. The molecule has 35 heavy (non-hydrogen) atoms. The van der Waals surface area contributed by atoms with Crippen LogP contribution in [-0.4, -0.2) is 30.1 Å². The van der Waals surface area contributed by atoms with Crippen LogP contribution in [0.25, 0.3) is 55.7 Å². The van der Waals surface area contributed by atoms with Gasteiger partial charge in [-0.2, -0.15) is 5.10 Å². The standard InChI is InChI=1S/C27H23N7O/c1-15(2)16(3)30-20-8-19(10-28-11-20)17-4-5-23-21(9-17)26(34-33-23)27-31-24-13-29-12-22(25(24)32-27)18-6-7-35-14-18/h4-15,30H,3H2,1-2H3,(H,31,32)(H,33,34). The molecule has 0 aliphatic carbocycles. The van der Waals surface area contributed by atoms with Crippen LogP contribution in [0.2, 0.25) is 0 Å². The fraction of sp³-hybridized carbons (Fsp3) is 0.111. The van der Waals surface area contributed by atoms with E-state index in [1.54, 1.807) is 31.1 Å². The summed E-state index contributed by atoms with van der Waals surface area (Å²) in [5, 5.41) is 12.0. The van der Waals surface area contributed by atoms with E-state index >= 15 is 0 Å². The summed E-state index contributed by atoms with van der Waals surface area (Å²) >= 11 is 0. The molecule has 0 atom stereocenters. The number of hydrogen-bond donors (Lipinski definition) is 3. The van der Waals surface area contributed by atoms with Crippen LogP contribution in [0.5, 0.6) is 0 Å². The third-order valence-electron chi connectivity index (χ3n) is 6.09. The number of rotatable bonds is 6. The zero-order chi connectivity index (χ0) is 23.9. The molecule has 5 aromatic heterocycles. The molecule has 5 heterocycles. The fourth-order valence-corrected chi connectivity index (χ4v) is 4.04. The monoisotopic (exact) mass is 461 g/mol. The number of furan rings is 1. The Bertz CT molecular complexity index is 1670. The van der Waals surface area contributed by atoms with Crippen molar-refractivity contribution in [3.05, 3.63) is 79.9 Å². The van der Waals surface area contributed by atoms with Gasteiger partial charge < -0.3 is 14.7 Å². The van der Waals surface area contributed by atoms with Gasteiger partial charge in [-0.3, -0.25) is 15.1 Å². The number of nitrogens with zero attached hydrogens (tertiary/aromatic N) is 4. The maximum atomic E-state index is 5.25. The lowest BCUT2D eigenvalue weighted by molar-refractivity contribution is 0.568. The van der Waals surface area contributed by atoms with E-state index in [9.17, 15) is 0 Å².